The smallest absolute Gasteiger partial charge is 0.185 e. The van der Waals surface area contributed by atoms with Gasteiger partial charge in [-0.2, -0.15) is 0 Å². The van der Waals surface area contributed by atoms with E-state index in [1.807, 2.05) is 5.38 Å². The Labute approximate surface area is 195 Å². The number of hydrogen-bond donors (Lipinski definition) is 0. The maximum atomic E-state index is 13.4. The fourth-order valence-corrected chi connectivity index (χ4v) is 6.56. The fourth-order valence-electron chi connectivity index (χ4n) is 3.74. The van der Waals surface area contributed by atoms with E-state index in [2.05, 4.69) is 9.88 Å². The van der Waals surface area contributed by atoms with Crippen molar-refractivity contribution in [2.45, 2.75) is 23.0 Å². The first-order valence-electron chi connectivity index (χ1n) is 9.95. The summed E-state index contributed by atoms with van der Waals surface area (Å²) in [7, 11) is -0.510. The van der Waals surface area contributed by atoms with Gasteiger partial charge in [0.05, 0.1) is 35.1 Å². The Kier molecular flexibility index (Phi) is 6.60. The van der Waals surface area contributed by atoms with Gasteiger partial charge in [-0.3, -0.25) is 0 Å². The molecule has 0 saturated carbocycles. The fraction of sp³-hybridized carbons (Fsp3) is 0.318. The molecular formula is C22H22ClFN2O4S2. The molecule has 4 rings (SSSR count). The van der Waals surface area contributed by atoms with Crippen LogP contribution in [-0.4, -0.2) is 46.0 Å². The zero-order valence-corrected chi connectivity index (χ0v) is 19.9. The number of hydrogen-bond acceptors (Lipinski definition) is 7. The van der Waals surface area contributed by atoms with Crippen LogP contribution in [0.15, 0.2) is 46.7 Å². The molecule has 170 valence electrons. The van der Waals surface area contributed by atoms with Crippen molar-refractivity contribution in [3.05, 3.63) is 52.6 Å². The molecule has 1 fully saturated rings. The van der Waals surface area contributed by atoms with E-state index in [1.54, 1.807) is 24.3 Å². The lowest BCUT2D eigenvalue weighted by Crippen LogP contribution is -2.39. The van der Waals surface area contributed by atoms with Crippen LogP contribution in [-0.2, 0) is 9.84 Å². The summed E-state index contributed by atoms with van der Waals surface area (Å²) >= 11 is 7.36. The van der Waals surface area contributed by atoms with Gasteiger partial charge in [-0.25, -0.2) is 17.8 Å². The van der Waals surface area contributed by atoms with Crippen molar-refractivity contribution in [1.29, 1.82) is 0 Å². The van der Waals surface area contributed by atoms with Gasteiger partial charge < -0.3 is 14.4 Å². The number of piperidine rings is 1. The molecule has 0 aliphatic carbocycles. The van der Waals surface area contributed by atoms with Crippen molar-refractivity contribution in [3.8, 4) is 22.8 Å². The summed E-state index contributed by atoms with van der Waals surface area (Å²) in [5.41, 5.74) is 1.46. The Morgan fingerprint density at radius 2 is 1.81 bits per heavy atom. The molecule has 1 saturated heterocycles. The van der Waals surface area contributed by atoms with E-state index in [4.69, 9.17) is 21.1 Å². The zero-order valence-electron chi connectivity index (χ0n) is 17.5. The minimum atomic E-state index is -3.50. The molecule has 0 N–H and O–H groups in total. The number of rotatable bonds is 6. The van der Waals surface area contributed by atoms with Crippen LogP contribution in [0.3, 0.4) is 0 Å². The lowest BCUT2D eigenvalue weighted by atomic mass is 10.1. The highest BCUT2D eigenvalue weighted by Gasteiger charge is 2.32. The highest BCUT2D eigenvalue weighted by Crippen LogP contribution is 2.35. The van der Waals surface area contributed by atoms with E-state index >= 15 is 0 Å². The third-order valence-electron chi connectivity index (χ3n) is 5.54. The average molecular weight is 497 g/mol. The van der Waals surface area contributed by atoms with E-state index in [1.165, 1.54) is 37.7 Å². The van der Waals surface area contributed by atoms with Gasteiger partial charge >= 0.3 is 0 Å². The summed E-state index contributed by atoms with van der Waals surface area (Å²) in [5, 5.41) is 2.28. The Hall–Kier alpha value is -2.36. The SMILES string of the molecule is COc1ccc(S(=O)(=O)C2CCN(c3nc(-c4ccc(F)c(Cl)c4)cs3)CC2)cc1OC. The zero-order chi connectivity index (χ0) is 22.9. The maximum absolute atomic E-state index is 13.4. The lowest BCUT2D eigenvalue weighted by Gasteiger charge is -2.31. The molecule has 1 aromatic heterocycles. The van der Waals surface area contributed by atoms with E-state index in [0.717, 1.165) is 10.7 Å². The second kappa shape index (κ2) is 9.25. The standard InChI is InChI=1S/C22H22ClFN2O4S2/c1-29-20-6-4-16(12-21(20)30-2)32(27,28)15-7-9-26(10-8-15)22-25-19(13-31-22)14-3-5-18(24)17(23)11-14/h3-6,11-13,15H,7-10H2,1-2H3. The molecule has 32 heavy (non-hydrogen) atoms. The number of aromatic nitrogens is 1. The van der Waals surface area contributed by atoms with Crippen molar-refractivity contribution in [2.75, 3.05) is 32.2 Å². The summed E-state index contributed by atoms with van der Waals surface area (Å²) in [5.74, 6) is 0.411. The molecule has 10 heteroatoms. The van der Waals surface area contributed by atoms with Crippen LogP contribution in [0.25, 0.3) is 11.3 Å². The van der Waals surface area contributed by atoms with Gasteiger partial charge in [0.2, 0.25) is 0 Å². The molecule has 0 unspecified atom stereocenters. The van der Waals surface area contributed by atoms with Gasteiger partial charge in [-0.05, 0) is 43.2 Å². The van der Waals surface area contributed by atoms with Crippen LogP contribution in [0.2, 0.25) is 5.02 Å². The summed E-state index contributed by atoms with van der Waals surface area (Å²) in [6, 6.07) is 9.20. The van der Waals surface area contributed by atoms with Crippen LogP contribution >= 0.6 is 22.9 Å². The molecule has 1 aliphatic heterocycles. The maximum Gasteiger partial charge on any atom is 0.185 e. The average Bonchev–Trinajstić information content (AvgIpc) is 3.30. The van der Waals surface area contributed by atoms with Crippen molar-refractivity contribution in [2.24, 2.45) is 0 Å². The first-order chi connectivity index (χ1) is 15.3. The quantitative estimate of drug-likeness (QED) is 0.475. The van der Waals surface area contributed by atoms with Gasteiger partial charge in [0, 0.05) is 30.1 Å². The van der Waals surface area contributed by atoms with Gasteiger partial charge in [-0.15, -0.1) is 11.3 Å². The van der Waals surface area contributed by atoms with Crippen molar-refractivity contribution in [3.63, 3.8) is 0 Å². The van der Waals surface area contributed by atoms with E-state index in [-0.39, 0.29) is 9.92 Å². The molecular weight excluding hydrogens is 475 g/mol. The molecule has 0 radical (unpaired) electrons. The number of nitrogens with zero attached hydrogens (tertiary/aromatic N) is 2. The van der Waals surface area contributed by atoms with Gasteiger partial charge in [0.15, 0.2) is 26.5 Å². The number of halogens is 2. The first-order valence-corrected chi connectivity index (χ1v) is 12.8. The number of ether oxygens (including phenoxy) is 2. The van der Waals surface area contributed by atoms with E-state index in [0.29, 0.717) is 43.1 Å². The molecule has 1 aliphatic rings. The van der Waals surface area contributed by atoms with Crippen molar-refractivity contribution >= 4 is 37.9 Å². The highest BCUT2D eigenvalue weighted by molar-refractivity contribution is 7.92. The second-order valence-corrected chi connectivity index (χ2v) is 10.9. The molecule has 2 heterocycles. The van der Waals surface area contributed by atoms with Crippen LogP contribution in [0.5, 0.6) is 11.5 Å². The number of methoxy groups -OCH3 is 2. The molecule has 2 aromatic carbocycles. The van der Waals surface area contributed by atoms with Crippen molar-refractivity contribution in [1.82, 2.24) is 4.98 Å². The molecule has 0 atom stereocenters. The lowest BCUT2D eigenvalue weighted by molar-refractivity contribution is 0.354. The highest BCUT2D eigenvalue weighted by atomic mass is 35.5. The van der Waals surface area contributed by atoms with Gasteiger partial charge in [0.25, 0.3) is 0 Å². The van der Waals surface area contributed by atoms with E-state index in [9.17, 15) is 12.8 Å². The third kappa shape index (κ3) is 4.42. The molecule has 6 nitrogen and oxygen atoms in total. The van der Waals surface area contributed by atoms with Crippen LogP contribution < -0.4 is 14.4 Å². The molecule has 0 spiro atoms. The van der Waals surface area contributed by atoms with Crippen LogP contribution in [0, 0.1) is 5.82 Å². The monoisotopic (exact) mass is 496 g/mol. The Morgan fingerprint density at radius 3 is 2.47 bits per heavy atom. The third-order valence-corrected chi connectivity index (χ3v) is 8.99. The second-order valence-electron chi connectivity index (χ2n) is 7.39. The number of thiazole rings is 1. The Bertz CT molecular complexity index is 1220. The number of benzene rings is 2. The van der Waals surface area contributed by atoms with Crippen LogP contribution in [0.4, 0.5) is 9.52 Å². The van der Waals surface area contributed by atoms with Crippen molar-refractivity contribution < 1.29 is 22.3 Å². The van der Waals surface area contributed by atoms with Gasteiger partial charge in [-0.1, -0.05) is 11.6 Å². The normalized spacial score (nSPS) is 15.1. The summed E-state index contributed by atoms with van der Waals surface area (Å²) in [6.45, 7) is 1.16. The van der Waals surface area contributed by atoms with Gasteiger partial charge in [0.1, 0.15) is 5.82 Å². The first kappa shape index (κ1) is 22.8. The molecule has 0 amide bonds. The predicted octanol–water partition coefficient (Wildman–Crippen LogP) is 5.06. The summed E-state index contributed by atoms with van der Waals surface area (Å²) < 4.78 is 50.2. The molecule has 0 bridgehead atoms. The Balaban J connectivity index is 1.46. The van der Waals surface area contributed by atoms with E-state index < -0.39 is 20.9 Å². The number of anilines is 1. The topological polar surface area (TPSA) is 68.7 Å². The number of sulfone groups is 1. The Morgan fingerprint density at radius 1 is 1.09 bits per heavy atom. The largest absolute Gasteiger partial charge is 0.493 e. The minimum absolute atomic E-state index is 0.0539. The molecule has 3 aromatic rings. The van der Waals surface area contributed by atoms with Crippen LogP contribution in [0.1, 0.15) is 12.8 Å². The summed E-state index contributed by atoms with van der Waals surface area (Å²) in [6.07, 6.45) is 0.988. The minimum Gasteiger partial charge on any atom is -0.493 e. The summed E-state index contributed by atoms with van der Waals surface area (Å²) in [4.78, 5) is 6.96. The predicted molar refractivity (Wildman–Crippen MR) is 124 cm³/mol.